The fourth-order valence-electron chi connectivity index (χ4n) is 1.49. The SMILES string of the molecule is CCNc1cc(C(F)(F)F)cc(NCCNC(C)=O)n1. The summed E-state index contributed by atoms with van der Waals surface area (Å²) in [5.74, 6) is 0.0719. The molecule has 0 saturated carbocycles. The first-order valence-electron chi connectivity index (χ1n) is 6.14. The lowest BCUT2D eigenvalue weighted by atomic mass is 10.2. The van der Waals surface area contributed by atoms with Gasteiger partial charge in [-0.3, -0.25) is 4.79 Å². The standard InChI is InChI=1S/C12H17F3N4O/c1-3-16-10-6-9(12(13,14)15)7-11(19-10)18-5-4-17-8(2)20/h6-7H,3-5H2,1-2H3,(H,17,20)(H2,16,18,19). The fraction of sp³-hybridized carbons (Fsp3) is 0.500. The van der Waals surface area contributed by atoms with Gasteiger partial charge in [0.15, 0.2) is 0 Å². The molecule has 8 heteroatoms. The average Bonchev–Trinajstić information content (AvgIpc) is 2.33. The van der Waals surface area contributed by atoms with Crippen LogP contribution in [0.4, 0.5) is 24.8 Å². The van der Waals surface area contributed by atoms with Gasteiger partial charge in [0.05, 0.1) is 5.56 Å². The Morgan fingerprint density at radius 1 is 1.20 bits per heavy atom. The lowest BCUT2D eigenvalue weighted by Crippen LogP contribution is -2.26. The van der Waals surface area contributed by atoms with E-state index >= 15 is 0 Å². The van der Waals surface area contributed by atoms with E-state index in [0.717, 1.165) is 12.1 Å². The lowest BCUT2D eigenvalue weighted by Gasteiger charge is -2.13. The number of aromatic nitrogens is 1. The Morgan fingerprint density at radius 2 is 1.80 bits per heavy atom. The van der Waals surface area contributed by atoms with Crippen molar-refractivity contribution < 1.29 is 18.0 Å². The summed E-state index contributed by atoms with van der Waals surface area (Å²) in [6.07, 6.45) is -4.43. The molecule has 0 unspecified atom stereocenters. The van der Waals surface area contributed by atoms with Gasteiger partial charge in [-0.05, 0) is 19.1 Å². The fourth-order valence-corrected chi connectivity index (χ4v) is 1.49. The number of alkyl halides is 3. The summed E-state index contributed by atoms with van der Waals surface area (Å²) in [5.41, 5.74) is -0.773. The van der Waals surface area contributed by atoms with Crippen LogP contribution in [0.3, 0.4) is 0 Å². The molecule has 0 bridgehead atoms. The number of carbonyl (C=O) groups excluding carboxylic acids is 1. The first kappa shape index (κ1) is 16.1. The molecule has 20 heavy (non-hydrogen) atoms. The van der Waals surface area contributed by atoms with Crippen molar-refractivity contribution in [3.63, 3.8) is 0 Å². The van der Waals surface area contributed by atoms with E-state index in [4.69, 9.17) is 0 Å². The summed E-state index contributed by atoms with van der Waals surface area (Å²) >= 11 is 0. The number of hydrogen-bond acceptors (Lipinski definition) is 4. The van der Waals surface area contributed by atoms with Crippen LogP contribution in [0.5, 0.6) is 0 Å². The van der Waals surface area contributed by atoms with Crippen LogP contribution in [0, 0.1) is 0 Å². The van der Waals surface area contributed by atoms with E-state index in [0.29, 0.717) is 19.6 Å². The van der Waals surface area contributed by atoms with Crippen LogP contribution in [0.2, 0.25) is 0 Å². The van der Waals surface area contributed by atoms with E-state index in [1.165, 1.54) is 6.92 Å². The Labute approximate surface area is 115 Å². The van der Waals surface area contributed by atoms with E-state index in [2.05, 4.69) is 20.9 Å². The third kappa shape index (κ3) is 5.33. The van der Waals surface area contributed by atoms with Gasteiger partial charge in [-0.15, -0.1) is 0 Å². The molecule has 0 fully saturated rings. The average molecular weight is 290 g/mol. The quantitative estimate of drug-likeness (QED) is 0.702. The second-order valence-corrected chi connectivity index (χ2v) is 4.06. The third-order valence-electron chi connectivity index (χ3n) is 2.32. The predicted molar refractivity (Wildman–Crippen MR) is 70.6 cm³/mol. The maximum Gasteiger partial charge on any atom is 0.416 e. The van der Waals surface area contributed by atoms with Crippen LogP contribution in [-0.4, -0.2) is 30.5 Å². The van der Waals surface area contributed by atoms with Gasteiger partial charge < -0.3 is 16.0 Å². The van der Waals surface area contributed by atoms with Gasteiger partial charge in [-0.2, -0.15) is 13.2 Å². The largest absolute Gasteiger partial charge is 0.416 e. The molecule has 112 valence electrons. The molecule has 0 aliphatic carbocycles. The van der Waals surface area contributed by atoms with Gasteiger partial charge >= 0.3 is 6.18 Å². The molecule has 0 aliphatic heterocycles. The molecule has 0 saturated heterocycles. The molecule has 1 aromatic heterocycles. The van der Waals surface area contributed by atoms with Crippen molar-refractivity contribution in [1.82, 2.24) is 10.3 Å². The highest BCUT2D eigenvalue weighted by molar-refractivity contribution is 5.72. The Balaban J connectivity index is 2.78. The minimum absolute atomic E-state index is 0.112. The van der Waals surface area contributed by atoms with Crippen molar-refractivity contribution in [2.75, 3.05) is 30.3 Å². The van der Waals surface area contributed by atoms with Crippen molar-refractivity contribution in [1.29, 1.82) is 0 Å². The van der Waals surface area contributed by atoms with E-state index in [1.807, 2.05) is 0 Å². The zero-order valence-corrected chi connectivity index (χ0v) is 11.3. The molecule has 0 aliphatic rings. The molecule has 1 aromatic rings. The molecule has 0 aromatic carbocycles. The molecule has 1 amide bonds. The van der Waals surface area contributed by atoms with Crippen LogP contribution in [0.15, 0.2) is 12.1 Å². The number of carbonyl (C=O) groups is 1. The third-order valence-corrected chi connectivity index (χ3v) is 2.32. The summed E-state index contributed by atoms with van der Waals surface area (Å²) in [6.45, 7) is 4.21. The van der Waals surface area contributed by atoms with E-state index in [-0.39, 0.29) is 17.5 Å². The van der Waals surface area contributed by atoms with Crippen molar-refractivity contribution in [3.8, 4) is 0 Å². The summed E-state index contributed by atoms with van der Waals surface area (Å²) in [5, 5.41) is 8.03. The second-order valence-electron chi connectivity index (χ2n) is 4.06. The normalized spacial score (nSPS) is 11.1. The maximum absolute atomic E-state index is 12.7. The molecule has 0 spiro atoms. The Morgan fingerprint density at radius 3 is 2.30 bits per heavy atom. The molecular weight excluding hydrogens is 273 g/mol. The molecule has 5 nitrogen and oxygen atoms in total. The molecule has 0 atom stereocenters. The van der Waals surface area contributed by atoms with Crippen LogP contribution in [0.1, 0.15) is 19.4 Å². The van der Waals surface area contributed by atoms with Crippen molar-refractivity contribution >= 4 is 17.5 Å². The predicted octanol–water partition coefficient (Wildman–Crippen LogP) is 2.08. The van der Waals surface area contributed by atoms with Crippen LogP contribution >= 0.6 is 0 Å². The number of nitrogens with one attached hydrogen (secondary N) is 3. The first-order valence-corrected chi connectivity index (χ1v) is 6.14. The molecule has 0 radical (unpaired) electrons. The van der Waals surface area contributed by atoms with Crippen LogP contribution in [-0.2, 0) is 11.0 Å². The second kappa shape index (κ2) is 6.97. The van der Waals surface area contributed by atoms with Gasteiger partial charge in [-0.25, -0.2) is 4.98 Å². The highest BCUT2D eigenvalue weighted by atomic mass is 19.4. The first-order chi connectivity index (χ1) is 9.32. The molecule has 1 heterocycles. The number of halogens is 3. The number of amides is 1. The summed E-state index contributed by atoms with van der Waals surface area (Å²) in [4.78, 5) is 14.7. The monoisotopic (exact) mass is 290 g/mol. The minimum Gasteiger partial charge on any atom is -0.370 e. The number of pyridine rings is 1. The van der Waals surface area contributed by atoms with Crippen LogP contribution < -0.4 is 16.0 Å². The Bertz CT molecular complexity index is 463. The van der Waals surface area contributed by atoms with E-state index in [9.17, 15) is 18.0 Å². The van der Waals surface area contributed by atoms with Gasteiger partial charge in [0, 0.05) is 26.6 Å². The van der Waals surface area contributed by atoms with Gasteiger partial charge in [-0.1, -0.05) is 0 Å². The topological polar surface area (TPSA) is 66.0 Å². The zero-order valence-electron chi connectivity index (χ0n) is 11.3. The highest BCUT2D eigenvalue weighted by Crippen LogP contribution is 2.31. The molecular formula is C12H17F3N4O. The van der Waals surface area contributed by atoms with Gasteiger partial charge in [0.1, 0.15) is 11.6 Å². The summed E-state index contributed by atoms with van der Waals surface area (Å²) in [7, 11) is 0. The summed E-state index contributed by atoms with van der Waals surface area (Å²) in [6, 6.07) is 1.90. The van der Waals surface area contributed by atoms with Crippen molar-refractivity contribution in [2.24, 2.45) is 0 Å². The minimum atomic E-state index is -4.43. The highest BCUT2D eigenvalue weighted by Gasteiger charge is 2.31. The zero-order chi connectivity index (χ0) is 15.2. The maximum atomic E-state index is 12.7. The molecule has 3 N–H and O–H groups in total. The lowest BCUT2D eigenvalue weighted by molar-refractivity contribution is -0.137. The van der Waals surface area contributed by atoms with Crippen molar-refractivity contribution in [3.05, 3.63) is 17.7 Å². The number of nitrogens with zero attached hydrogens (tertiary/aromatic N) is 1. The smallest absolute Gasteiger partial charge is 0.370 e. The number of hydrogen-bond donors (Lipinski definition) is 3. The summed E-state index contributed by atoms with van der Waals surface area (Å²) < 4.78 is 38.2. The Kier molecular flexibility index (Phi) is 5.60. The van der Waals surface area contributed by atoms with Gasteiger partial charge in [0.2, 0.25) is 5.91 Å². The van der Waals surface area contributed by atoms with Crippen molar-refractivity contribution in [2.45, 2.75) is 20.0 Å². The van der Waals surface area contributed by atoms with Crippen LogP contribution in [0.25, 0.3) is 0 Å². The van der Waals surface area contributed by atoms with E-state index < -0.39 is 11.7 Å². The number of anilines is 2. The Hall–Kier alpha value is -1.99. The van der Waals surface area contributed by atoms with E-state index in [1.54, 1.807) is 6.92 Å². The number of rotatable bonds is 6. The molecule has 1 rings (SSSR count). The van der Waals surface area contributed by atoms with Gasteiger partial charge in [0.25, 0.3) is 0 Å².